The van der Waals surface area contributed by atoms with E-state index in [0.29, 0.717) is 11.8 Å². The molecule has 2 aliphatic carbocycles. The van der Waals surface area contributed by atoms with Gasteiger partial charge in [-0.1, -0.05) is 25.7 Å². The van der Waals surface area contributed by atoms with E-state index in [2.05, 4.69) is 10.8 Å². The number of hydrogen-bond donors (Lipinski definition) is 0. The molecule has 2 aliphatic rings. The number of aromatic nitrogens is 4. The van der Waals surface area contributed by atoms with Crippen LogP contribution in [0.2, 0.25) is 0 Å². The maximum Gasteiger partial charge on any atom is 0.250 e. The van der Waals surface area contributed by atoms with Gasteiger partial charge in [-0.15, -0.1) is 22.7 Å². The fraction of sp³-hybridized carbons (Fsp3) is 0.407. The molecule has 0 bridgehead atoms. The first-order valence-electron chi connectivity index (χ1n) is 12.3. The first-order chi connectivity index (χ1) is 17.1. The molecule has 0 unspecified atom stereocenters. The third-order valence-electron chi connectivity index (χ3n) is 6.95. The van der Waals surface area contributed by atoms with Crippen molar-refractivity contribution in [3.63, 3.8) is 0 Å². The summed E-state index contributed by atoms with van der Waals surface area (Å²) in [6.45, 7) is 0. The van der Waals surface area contributed by atoms with Crippen molar-refractivity contribution in [2.75, 3.05) is 0 Å². The molecule has 0 spiro atoms. The second kappa shape index (κ2) is 10.8. The number of hydrogen-bond acceptors (Lipinski definition) is 6. The average Bonchev–Trinajstić information content (AvgIpc) is 3.68. The molecule has 6 rings (SSSR count). The number of aryl methyl sites for hydroxylation is 1. The molecule has 8 heteroatoms. The van der Waals surface area contributed by atoms with Crippen molar-refractivity contribution in [2.24, 2.45) is 7.05 Å². The quantitative estimate of drug-likeness (QED) is 0.242. The zero-order chi connectivity index (χ0) is 24.2. The lowest BCUT2D eigenvalue weighted by molar-refractivity contribution is -0.605. The lowest BCUT2D eigenvalue weighted by Gasteiger charge is -2.03. The van der Waals surface area contributed by atoms with Crippen molar-refractivity contribution in [3.05, 3.63) is 79.2 Å². The van der Waals surface area contributed by atoms with Crippen LogP contribution in [0.4, 0.5) is 0 Å². The van der Waals surface area contributed by atoms with E-state index in [1.807, 2.05) is 18.2 Å². The van der Waals surface area contributed by atoms with Gasteiger partial charge in [0.1, 0.15) is 0 Å². The number of thiazole rings is 2. The highest BCUT2D eigenvalue weighted by Crippen LogP contribution is 2.38. The van der Waals surface area contributed by atoms with Gasteiger partial charge in [0.2, 0.25) is 0 Å². The Balaban J connectivity index is 0.000000145. The molecule has 35 heavy (non-hydrogen) atoms. The fourth-order valence-corrected chi connectivity index (χ4v) is 6.85. The van der Waals surface area contributed by atoms with Gasteiger partial charge >= 0.3 is 0 Å². The van der Waals surface area contributed by atoms with E-state index < -0.39 is 0 Å². The Bertz CT molecular complexity index is 1310. The zero-order valence-corrected chi connectivity index (χ0v) is 21.6. The molecule has 6 nitrogen and oxygen atoms in total. The summed E-state index contributed by atoms with van der Waals surface area (Å²) in [4.78, 5) is 21.0. The number of pyridine rings is 2. The smallest absolute Gasteiger partial charge is 0.250 e. The summed E-state index contributed by atoms with van der Waals surface area (Å²) in [6, 6.07) is 7.25. The molecule has 182 valence electrons. The average molecular weight is 507 g/mol. The van der Waals surface area contributed by atoms with E-state index in [1.54, 1.807) is 46.6 Å². The molecule has 0 N–H and O–H groups in total. The highest BCUT2D eigenvalue weighted by Gasteiger charge is 2.21. The molecule has 0 aliphatic heterocycles. The summed E-state index contributed by atoms with van der Waals surface area (Å²) in [6.07, 6.45) is 15.2. The molecule has 2 saturated carbocycles. The van der Waals surface area contributed by atoms with Crippen LogP contribution in [0.25, 0.3) is 22.5 Å². The molecule has 2 fully saturated rings. The van der Waals surface area contributed by atoms with Gasteiger partial charge in [0.25, 0.3) is 5.56 Å². The zero-order valence-electron chi connectivity index (χ0n) is 19.9. The van der Waals surface area contributed by atoms with Crippen molar-refractivity contribution in [1.82, 2.24) is 14.5 Å². The Morgan fingerprint density at radius 1 is 0.857 bits per heavy atom. The first-order valence-corrected chi connectivity index (χ1v) is 14.1. The lowest BCUT2D eigenvalue weighted by atomic mass is 10.1. The van der Waals surface area contributed by atoms with Gasteiger partial charge in [-0.25, -0.2) is 9.97 Å². The predicted octanol–water partition coefficient (Wildman–Crippen LogP) is 6.27. The van der Waals surface area contributed by atoms with Crippen LogP contribution in [0.15, 0.2) is 58.4 Å². The van der Waals surface area contributed by atoms with E-state index in [-0.39, 0.29) is 5.56 Å². The Morgan fingerprint density at radius 3 is 1.89 bits per heavy atom. The van der Waals surface area contributed by atoms with Crippen LogP contribution in [-0.4, -0.2) is 14.5 Å². The molecule has 4 aromatic rings. The lowest BCUT2D eigenvalue weighted by Crippen LogP contribution is -2.23. The summed E-state index contributed by atoms with van der Waals surface area (Å²) in [5.41, 5.74) is 3.91. The van der Waals surface area contributed by atoms with Crippen LogP contribution in [0, 0.1) is 5.21 Å². The highest BCUT2D eigenvalue weighted by molar-refractivity contribution is 7.10. The van der Waals surface area contributed by atoms with E-state index in [9.17, 15) is 10.0 Å². The van der Waals surface area contributed by atoms with Gasteiger partial charge in [0, 0.05) is 65.2 Å². The Labute approximate surface area is 213 Å². The number of nitrogens with zero attached hydrogens (tertiary/aromatic N) is 4. The van der Waals surface area contributed by atoms with Crippen LogP contribution in [-0.2, 0) is 7.05 Å². The minimum atomic E-state index is 0.0166. The molecule has 0 saturated heterocycles. The number of rotatable bonds is 4. The Morgan fingerprint density at radius 2 is 1.37 bits per heavy atom. The first kappa shape index (κ1) is 23.9. The largest absolute Gasteiger partial charge is 0.619 e. The van der Waals surface area contributed by atoms with E-state index in [0.717, 1.165) is 27.2 Å². The van der Waals surface area contributed by atoms with Crippen LogP contribution in [0.3, 0.4) is 0 Å². The standard InChI is InChI=1S/C14H16N2OS.C13H14N2OS/c1-16-7-6-11(8-13(16)17)12-9-18-14(15-12)10-4-2-3-5-10;16-15-7-5-10(6-8-15)12-9-17-13(14-12)11-3-1-2-4-11/h6-10H,2-5H2,1H3;5-9,11H,1-4H2. The molecular formula is C27H30N4O2S2. The molecule has 0 radical (unpaired) electrons. The maximum atomic E-state index is 11.6. The van der Waals surface area contributed by atoms with Gasteiger partial charge in [0.05, 0.1) is 21.4 Å². The maximum absolute atomic E-state index is 11.6. The Kier molecular flexibility index (Phi) is 7.39. The van der Waals surface area contributed by atoms with Crippen LogP contribution in [0.1, 0.15) is 73.2 Å². The monoisotopic (exact) mass is 506 g/mol. The third kappa shape index (κ3) is 5.70. The van der Waals surface area contributed by atoms with Gasteiger partial charge < -0.3 is 9.77 Å². The van der Waals surface area contributed by atoms with E-state index in [4.69, 9.17) is 9.97 Å². The molecule has 4 heterocycles. The fourth-order valence-electron chi connectivity index (χ4n) is 4.85. The summed E-state index contributed by atoms with van der Waals surface area (Å²) in [5, 5.41) is 17.6. The Hall–Kier alpha value is -2.84. The SMILES string of the molecule is Cn1ccc(-c2csc(C3CCCC3)n2)cc1=O.[O-][n+]1ccc(-c2csc(C3CCCC3)n2)cc1. The van der Waals surface area contributed by atoms with Crippen LogP contribution in [0.5, 0.6) is 0 Å². The summed E-state index contributed by atoms with van der Waals surface area (Å²) in [7, 11) is 1.76. The van der Waals surface area contributed by atoms with Crippen molar-refractivity contribution in [3.8, 4) is 22.5 Å². The normalized spacial score (nSPS) is 16.4. The molecule has 0 aromatic carbocycles. The van der Waals surface area contributed by atoms with Gasteiger partial charge in [-0.2, -0.15) is 4.73 Å². The summed E-state index contributed by atoms with van der Waals surface area (Å²) >= 11 is 3.48. The van der Waals surface area contributed by atoms with E-state index >= 15 is 0 Å². The van der Waals surface area contributed by atoms with Crippen molar-refractivity contribution < 1.29 is 4.73 Å². The van der Waals surface area contributed by atoms with Crippen LogP contribution < -0.4 is 10.3 Å². The van der Waals surface area contributed by atoms with Gasteiger partial charge in [0.15, 0.2) is 12.4 Å². The highest BCUT2D eigenvalue weighted by atomic mass is 32.1. The second-order valence-electron chi connectivity index (χ2n) is 9.42. The van der Waals surface area contributed by atoms with Gasteiger partial charge in [-0.3, -0.25) is 4.79 Å². The molecule has 0 atom stereocenters. The molecule has 4 aromatic heterocycles. The van der Waals surface area contributed by atoms with Crippen molar-refractivity contribution in [1.29, 1.82) is 0 Å². The van der Waals surface area contributed by atoms with Crippen molar-refractivity contribution >= 4 is 22.7 Å². The topological polar surface area (TPSA) is 74.7 Å². The van der Waals surface area contributed by atoms with Gasteiger partial charge in [-0.05, 0) is 31.7 Å². The molecular weight excluding hydrogens is 476 g/mol. The molecule has 0 amide bonds. The summed E-state index contributed by atoms with van der Waals surface area (Å²) in [5.74, 6) is 1.32. The predicted molar refractivity (Wildman–Crippen MR) is 142 cm³/mol. The minimum Gasteiger partial charge on any atom is -0.619 e. The second-order valence-corrected chi connectivity index (χ2v) is 11.2. The summed E-state index contributed by atoms with van der Waals surface area (Å²) < 4.78 is 2.38. The van der Waals surface area contributed by atoms with Crippen molar-refractivity contribution in [2.45, 2.75) is 63.2 Å². The van der Waals surface area contributed by atoms with Crippen LogP contribution >= 0.6 is 22.7 Å². The minimum absolute atomic E-state index is 0.0166. The third-order valence-corrected chi connectivity index (χ3v) is 8.97. The van der Waals surface area contributed by atoms with E-state index in [1.165, 1.54) is 73.8 Å².